The smallest absolute Gasteiger partial charge is 0.153 e. The van der Waals surface area contributed by atoms with Crippen molar-refractivity contribution in [2.24, 2.45) is 0 Å². The molecule has 110 valence electrons. The number of nitrogens with one attached hydrogen (secondary N) is 2. The van der Waals surface area contributed by atoms with Gasteiger partial charge in [-0.15, -0.1) is 11.3 Å². The van der Waals surface area contributed by atoms with Crippen LogP contribution < -0.4 is 5.32 Å². The van der Waals surface area contributed by atoms with Crippen molar-refractivity contribution in [3.8, 4) is 10.6 Å². The number of H-pyrrole nitrogens is 1. The summed E-state index contributed by atoms with van der Waals surface area (Å²) >= 11 is 1.64. The first-order valence-corrected chi connectivity index (χ1v) is 9.05. The summed E-state index contributed by atoms with van der Waals surface area (Å²) < 4.78 is 22.5. The quantitative estimate of drug-likeness (QED) is 0.856. The van der Waals surface area contributed by atoms with Crippen LogP contribution in [0.2, 0.25) is 0 Å². The lowest BCUT2D eigenvalue weighted by molar-refractivity contribution is 0.521. The third-order valence-corrected chi connectivity index (χ3v) is 6.39. The van der Waals surface area contributed by atoms with Gasteiger partial charge in [-0.1, -0.05) is 6.07 Å². The van der Waals surface area contributed by atoms with Crippen LogP contribution in [0.4, 0.5) is 0 Å². The molecule has 2 aromatic heterocycles. The van der Waals surface area contributed by atoms with Gasteiger partial charge in [-0.2, -0.15) is 5.10 Å². The molecule has 2 N–H and O–H groups in total. The third kappa shape index (κ3) is 3.28. The fourth-order valence-electron chi connectivity index (χ4n) is 1.71. The number of aromatic amines is 1. The molecule has 0 aromatic carbocycles. The Morgan fingerprint density at radius 2 is 2.20 bits per heavy atom. The van der Waals surface area contributed by atoms with E-state index < -0.39 is 14.6 Å². The maximum absolute atomic E-state index is 11.6. The molecule has 20 heavy (non-hydrogen) atoms. The SMILES string of the molecule is CC(C)(CNCc1cn[nH]c1-c1cccs1)S(C)(=O)=O. The van der Waals surface area contributed by atoms with Crippen LogP contribution in [-0.4, -0.2) is 36.2 Å². The molecule has 0 saturated heterocycles. The second-order valence-electron chi connectivity index (χ2n) is 5.38. The first kappa shape index (κ1) is 15.2. The second-order valence-corrected chi connectivity index (χ2v) is 8.98. The van der Waals surface area contributed by atoms with Gasteiger partial charge in [-0.3, -0.25) is 5.10 Å². The predicted octanol–water partition coefficient (Wildman–Crippen LogP) is 2.05. The minimum Gasteiger partial charge on any atom is -0.311 e. The van der Waals surface area contributed by atoms with Gasteiger partial charge in [0.1, 0.15) is 0 Å². The molecule has 0 bridgehead atoms. The summed E-state index contributed by atoms with van der Waals surface area (Å²) in [6.45, 7) is 4.44. The van der Waals surface area contributed by atoms with Crippen LogP contribution in [-0.2, 0) is 16.4 Å². The molecule has 0 radical (unpaired) electrons. The van der Waals surface area contributed by atoms with E-state index >= 15 is 0 Å². The molecule has 2 rings (SSSR count). The number of hydrogen-bond acceptors (Lipinski definition) is 5. The zero-order valence-electron chi connectivity index (χ0n) is 11.8. The predicted molar refractivity (Wildman–Crippen MR) is 82.5 cm³/mol. The van der Waals surface area contributed by atoms with Crippen molar-refractivity contribution >= 4 is 21.2 Å². The Kier molecular flexibility index (Phi) is 4.31. The van der Waals surface area contributed by atoms with E-state index in [9.17, 15) is 8.42 Å². The van der Waals surface area contributed by atoms with Crippen molar-refractivity contribution in [1.82, 2.24) is 15.5 Å². The van der Waals surface area contributed by atoms with Crippen LogP contribution in [0.15, 0.2) is 23.7 Å². The fourth-order valence-corrected chi connectivity index (χ4v) is 2.83. The van der Waals surface area contributed by atoms with E-state index in [2.05, 4.69) is 15.5 Å². The fraction of sp³-hybridized carbons (Fsp3) is 0.462. The Hall–Kier alpha value is -1.18. The highest BCUT2D eigenvalue weighted by Gasteiger charge is 2.29. The number of thiophene rings is 1. The van der Waals surface area contributed by atoms with Crippen molar-refractivity contribution in [2.45, 2.75) is 25.1 Å². The van der Waals surface area contributed by atoms with Crippen LogP contribution in [0.1, 0.15) is 19.4 Å². The van der Waals surface area contributed by atoms with Crippen LogP contribution in [0.5, 0.6) is 0 Å². The minimum atomic E-state index is -3.08. The molecule has 0 aliphatic heterocycles. The Bertz CT molecular complexity index is 658. The molecule has 2 aromatic rings. The molecule has 7 heteroatoms. The van der Waals surface area contributed by atoms with E-state index in [1.165, 1.54) is 6.26 Å². The van der Waals surface area contributed by atoms with E-state index in [0.29, 0.717) is 13.1 Å². The maximum Gasteiger partial charge on any atom is 0.153 e. The molecule has 0 aliphatic rings. The van der Waals surface area contributed by atoms with E-state index in [0.717, 1.165) is 16.1 Å². The molecular weight excluding hydrogens is 294 g/mol. The largest absolute Gasteiger partial charge is 0.311 e. The number of rotatable bonds is 6. The average molecular weight is 313 g/mol. The van der Waals surface area contributed by atoms with Crippen molar-refractivity contribution in [1.29, 1.82) is 0 Å². The van der Waals surface area contributed by atoms with Gasteiger partial charge in [-0.25, -0.2) is 8.42 Å². The summed E-state index contributed by atoms with van der Waals surface area (Å²) in [5.41, 5.74) is 2.03. The van der Waals surface area contributed by atoms with Crippen molar-refractivity contribution in [2.75, 3.05) is 12.8 Å². The van der Waals surface area contributed by atoms with Crippen molar-refractivity contribution in [3.63, 3.8) is 0 Å². The van der Waals surface area contributed by atoms with Crippen molar-refractivity contribution < 1.29 is 8.42 Å². The van der Waals surface area contributed by atoms with Crippen LogP contribution in [0, 0.1) is 0 Å². The highest BCUT2D eigenvalue weighted by molar-refractivity contribution is 7.92. The summed E-state index contributed by atoms with van der Waals surface area (Å²) in [4.78, 5) is 1.13. The molecule has 0 aliphatic carbocycles. The van der Waals surface area contributed by atoms with E-state index in [-0.39, 0.29) is 0 Å². The zero-order valence-corrected chi connectivity index (χ0v) is 13.4. The highest BCUT2D eigenvalue weighted by atomic mass is 32.2. The second kappa shape index (κ2) is 5.67. The summed E-state index contributed by atoms with van der Waals surface area (Å²) in [6.07, 6.45) is 3.04. The molecule has 5 nitrogen and oxygen atoms in total. The number of aromatic nitrogens is 2. The Balaban J connectivity index is 2.02. The normalized spacial score (nSPS) is 12.8. The topological polar surface area (TPSA) is 74.8 Å². The van der Waals surface area contributed by atoms with Crippen LogP contribution in [0.3, 0.4) is 0 Å². The summed E-state index contributed by atoms with van der Waals surface area (Å²) in [7, 11) is -3.08. The monoisotopic (exact) mass is 313 g/mol. The van der Waals surface area contributed by atoms with Crippen molar-refractivity contribution in [3.05, 3.63) is 29.3 Å². The highest BCUT2D eigenvalue weighted by Crippen LogP contribution is 2.25. The molecular formula is C13H19N3O2S2. The first-order valence-electron chi connectivity index (χ1n) is 6.28. The molecule has 0 saturated carbocycles. The molecule has 0 atom stereocenters. The Morgan fingerprint density at radius 1 is 1.45 bits per heavy atom. The Labute approximate surface area is 123 Å². The van der Waals surface area contributed by atoms with Gasteiger partial charge < -0.3 is 5.32 Å². The lowest BCUT2D eigenvalue weighted by atomic mass is 10.2. The first-order chi connectivity index (χ1) is 9.31. The maximum atomic E-state index is 11.6. The van der Waals surface area contributed by atoms with Crippen LogP contribution >= 0.6 is 11.3 Å². The molecule has 0 fully saturated rings. The van der Waals surface area contributed by atoms with Gasteiger partial charge in [0, 0.05) is 24.9 Å². The van der Waals surface area contributed by atoms with Gasteiger partial charge in [0.2, 0.25) is 0 Å². The zero-order chi connectivity index (χ0) is 14.8. The summed E-state index contributed by atoms with van der Waals surface area (Å²) in [5.74, 6) is 0. The van der Waals surface area contributed by atoms with Gasteiger partial charge in [0.15, 0.2) is 9.84 Å². The molecule has 2 heterocycles. The summed E-state index contributed by atoms with van der Waals surface area (Å²) in [6, 6.07) is 4.02. The Morgan fingerprint density at radius 3 is 2.80 bits per heavy atom. The number of sulfone groups is 1. The minimum absolute atomic E-state index is 0.404. The summed E-state index contributed by atoms with van der Waals surface area (Å²) in [5, 5.41) is 12.3. The van der Waals surface area contributed by atoms with E-state index in [1.54, 1.807) is 31.4 Å². The standard InChI is InChI=1S/C13H19N3O2S2/c1-13(2,20(3,17)18)9-14-7-10-8-15-16-12(10)11-5-4-6-19-11/h4-6,8,14H,7,9H2,1-3H3,(H,15,16). The lowest BCUT2D eigenvalue weighted by Crippen LogP contribution is -2.41. The van der Waals surface area contributed by atoms with Gasteiger partial charge >= 0.3 is 0 Å². The lowest BCUT2D eigenvalue weighted by Gasteiger charge is -2.22. The van der Waals surface area contributed by atoms with E-state index in [1.807, 2.05) is 17.5 Å². The van der Waals surface area contributed by atoms with Gasteiger partial charge in [0.25, 0.3) is 0 Å². The third-order valence-electron chi connectivity index (χ3n) is 3.36. The van der Waals surface area contributed by atoms with Crippen LogP contribution in [0.25, 0.3) is 10.6 Å². The van der Waals surface area contributed by atoms with Gasteiger partial charge in [-0.05, 0) is 25.3 Å². The molecule has 0 spiro atoms. The molecule has 0 unspecified atom stereocenters. The van der Waals surface area contributed by atoms with Gasteiger partial charge in [0.05, 0.1) is 21.5 Å². The number of hydrogen-bond donors (Lipinski definition) is 2. The van der Waals surface area contributed by atoms with E-state index in [4.69, 9.17) is 0 Å². The average Bonchev–Trinajstić information content (AvgIpc) is 2.95. The number of nitrogens with zero attached hydrogens (tertiary/aromatic N) is 1. The molecule has 0 amide bonds.